The Bertz CT molecular complexity index is 536. The smallest absolute Gasteiger partial charge is 0.160 e. The van der Waals surface area contributed by atoms with Crippen molar-refractivity contribution in [3.05, 3.63) is 41.5 Å². The molecule has 1 aromatic carbocycles. The molecule has 0 saturated carbocycles. The number of likely N-dealkylation sites (tertiary alicyclic amines) is 1. The van der Waals surface area contributed by atoms with E-state index in [1.54, 1.807) is 6.92 Å². The number of allylic oxidation sites excluding steroid dienone is 2. The molecule has 2 aliphatic rings. The van der Waals surface area contributed by atoms with Crippen molar-refractivity contribution in [1.29, 1.82) is 0 Å². The second kappa shape index (κ2) is 6.57. The molecule has 1 saturated heterocycles. The van der Waals surface area contributed by atoms with Crippen molar-refractivity contribution in [2.24, 2.45) is 0 Å². The highest BCUT2D eigenvalue weighted by Crippen LogP contribution is 2.45. The zero-order valence-corrected chi connectivity index (χ0v) is 13.8. The number of hydrogen-bond donors (Lipinski definition) is 0. The molecular formula is C19H27NO. The van der Waals surface area contributed by atoms with Crippen molar-refractivity contribution in [2.45, 2.75) is 45.4 Å². The molecular weight excluding hydrogens is 258 g/mol. The number of carbonyl (C=O) groups excluding carboxylic acids is 1. The first kappa shape index (κ1) is 16.0. The zero-order chi connectivity index (χ0) is 15.5. The van der Waals surface area contributed by atoms with Crippen LogP contribution in [0.4, 0.5) is 0 Å². The molecule has 1 fully saturated rings. The van der Waals surface area contributed by atoms with Crippen molar-refractivity contribution in [2.75, 3.05) is 20.1 Å². The van der Waals surface area contributed by atoms with E-state index in [0.29, 0.717) is 0 Å². The summed E-state index contributed by atoms with van der Waals surface area (Å²) in [5.74, 6) is 0.190. The third-order valence-corrected chi connectivity index (χ3v) is 4.81. The number of piperidine rings is 1. The van der Waals surface area contributed by atoms with Crippen LogP contribution in [-0.4, -0.2) is 30.8 Å². The monoisotopic (exact) mass is 285 g/mol. The summed E-state index contributed by atoms with van der Waals surface area (Å²) >= 11 is 0. The summed E-state index contributed by atoms with van der Waals surface area (Å²) in [7, 11) is 2.19. The minimum Gasteiger partial charge on any atom is -0.306 e. The number of hydrogen-bond acceptors (Lipinski definition) is 2. The first-order chi connectivity index (χ1) is 10.1. The van der Waals surface area contributed by atoms with Crippen LogP contribution in [0.1, 0.15) is 51.2 Å². The Morgan fingerprint density at radius 2 is 1.76 bits per heavy atom. The molecule has 1 aromatic rings. The average molecular weight is 285 g/mol. The van der Waals surface area contributed by atoms with E-state index in [9.17, 15) is 4.79 Å². The molecule has 0 amide bonds. The maximum Gasteiger partial charge on any atom is 0.160 e. The Hall–Kier alpha value is -1.41. The maximum atomic E-state index is 11.8. The van der Waals surface area contributed by atoms with Gasteiger partial charge in [0.15, 0.2) is 5.78 Å². The molecule has 0 atom stereocenters. The lowest BCUT2D eigenvalue weighted by atomic mass is 9.65. The number of fused-ring (bicyclic) bond motifs is 2. The number of ketones is 1. The van der Waals surface area contributed by atoms with Crippen LogP contribution in [0.2, 0.25) is 0 Å². The molecule has 0 N–H and O–H groups in total. The van der Waals surface area contributed by atoms with E-state index in [0.717, 1.165) is 25.1 Å². The standard InChI is InChI=1S/C17H21NO.C2H6/c1-13(19)14-7-8-17(9-11-18(2)12-10-17)16-6-4-3-5-15(14)16;1-2/h3-7H,8-12H2,1-2H3;1-2H3. The van der Waals surface area contributed by atoms with Gasteiger partial charge in [0, 0.05) is 11.0 Å². The summed E-state index contributed by atoms with van der Waals surface area (Å²) in [6.07, 6.45) is 5.59. The van der Waals surface area contributed by atoms with Gasteiger partial charge in [0.1, 0.15) is 0 Å². The van der Waals surface area contributed by atoms with Crippen molar-refractivity contribution < 1.29 is 4.79 Å². The molecule has 2 heteroatoms. The molecule has 0 radical (unpaired) electrons. The van der Waals surface area contributed by atoms with Crippen LogP contribution in [0.25, 0.3) is 5.57 Å². The topological polar surface area (TPSA) is 20.3 Å². The zero-order valence-electron chi connectivity index (χ0n) is 13.8. The van der Waals surface area contributed by atoms with E-state index in [1.165, 1.54) is 24.0 Å². The van der Waals surface area contributed by atoms with Crippen molar-refractivity contribution in [3.8, 4) is 0 Å². The number of Topliss-reactive ketones (excluding diaryl/α,β-unsaturated/α-hetero) is 1. The normalized spacial score (nSPS) is 20.1. The van der Waals surface area contributed by atoms with Gasteiger partial charge in [0.05, 0.1) is 0 Å². The van der Waals surface area contributed by atoms with Crippen LogP contribution in [0.3, 0.4) is 0 Å². The summed E-state index contributed by atoms with van der Waals surface area (Å²) in [6.45, 7) is 7.98. The van der Waals surface area contributed by atoms with E-state index in [-0.39, 0.29) is 11.2 Å². The minimum atomic E-state index is 0.190. The van der Waals surface area contributed by atoms with Gasteiger partial charge in [0.25, 0.3) is 0 Å². The molecule has 0 bridgehead atoms. The van der Waals surface area contributed by atoms with Gasteiger partial charge in [-0.3, -0.25) is 4.79 Å². The number of carbonyl (C=O) groups is 1. The van der Waals surface area contributed by atoms with E-state index in [1.807, 2.05) is 19.9 Å². The Balaban J connectivity index is 0.000000774. The maximum absolute atomic E-state index is 11.8. The van der Waals surface area contributed by atoms with Crippen LogP contribution in [-0.2, 0) is 10.2 Å². The lowest BCUT2D eigenvalue weighted by Gasteiger charge is -2.43. The Morgan fingerprint density at radius 1 is 1.14 bits per heavy atom. The molecule has 1 aliphatic heterocycles. The summed E-state index contributed by atoms with van der Waals surface area (Å²) in [6, 6.07) is 8.50. The Morgan fingerprint density at radius 3 is 2.38 bits per heavy atom. The number of nitrogens with zero attached hydrogens (tertiary/aromatic N) is 1. The first-order valence-electron chi connectivity index (χ1n) is 8.12. The molecule has 21 heavy (non-hydrogen) atoms. The summed E-state index contributed by atoms with van der Waals surface area (Å²) in [5, 5.41) is 0. The third-order valence-electron chi connectivity index (χ3n) is 4.81. The minimum absolute atomic E-state index is 0.190. The van der Waals surface area contributed by atoms with Crippen molar-refractivity contribution in [1.82, 2.24) is 4.90 Å². The van der Waals surface area contributed by atoms with Gasteiger partial charge >= 0.3 is 0 Å². The van der Waals surface area contributed by atoms with Gasteiger partial charge in [0.2, 0.25) is 0 Å². The largest absolute Gasteiger partial charge is 0.306 e. The van der Waals surface area contributed by atoms with E-state index in [4.69, 9.17) is 0 Å². The molecule has 0 aromatic heterocycles. The molecule has 3 rings (SSSR count). The fourth-order valence-electron chi connectivity index (χ4n) is 3.55. The van der Waals surface area contributed by atoms with Gasteiger partial charge in [-0.15, -0.1) is 0 Å². The molecule has 2 nitrogen and oxygen atoms in total. The fourth-order valence-corrected chi connectivity index (χ4v) is 3.55. The number of rotatable bonds is 1. The van der Waals surface area contributed by atoms with Crippen LogP contribution in [0.15, 0.2) is 30.3 Å². The van der Waals surface area contributed by atoms with Gasteiger partial charge in [-0.25, -0.2) is 0 Å². The lowest BCUT2D eigenvalue weighted by molar-refractivity contribution is -0.111. The van der Waals surface area contributed by atoms with Gasteiger partial charge < -0.3 is 4.90 Å². The van der Waals surface area contributed by atoms with Crippen LogP contribution in [0.5, 0.6) is 0 Å². The third kappa shape index (κ3) is 2.96. The van der Waals surface area contributed by atoms with Crippen LogP contribution < -0.4 is 0 Å². The summed E-state index contributed by atoms with van der Waals surface area (Å²) in [5.41, 5.74) is 3.75. The van der Waals surface area contributed by atoms with Gasteiger partial charge in [-0.2, -0.15) is 0 Å². The second-order valence-electron chi connectivity index (χ2n) is 6.01. The summed E-state index contributed by atoms with van der Waals surface area (Å²) < 4.78 is 0. The van der Waals surface area contributed by atoms with Crippen molar-refractivity contribution in [3.63, 3.8) is 0 Å². The second-order valence-corrected chi connectivity index (χ2v) is 6.01. The van der Waals surface area contributed by atoms with E-state index in [2.05, 4.69) is 36.2 Å². The highest BCUT2D eigenvalue weighted by atomic mass is 16.1. The first-order valence-corrected chi connectivity index (χ1v) is 8.12. The SMILES string of the molecule is CC.CC(=O)C1=CCC2(CCN(C)CC2)c2ccccc21. The van der Waals surface area contributed by atoms with Crippen LogP contribution in [0, 0.1) is 0 Å². The average Bonchev–Trinajstić information content (AvgIpc) is 2.52. The predicted octanol–water partition coefficient (Wildman–Crippen LogP) is 4.05. The molecule has 1 heterocycles. The van der Waals surface area contributed by atoms with Crippen molar-refractivity contribution >= 4 is 11.4 Å². The van der Waals surface area contributed by atoms with E-state index >= 15 is 0 Å². The highest BCUT2D eigenvalue weighted by Gasteiger charge is 2.39. The summed E-state index contributed by atoms with van der Waals surface area (Å²) in [4.78, 5) is 14.2. The molecule has 1 aliphatic carbocycles. The molecule has 114 valence electrons. The van der Waals surface area contributed by atoms with Gasteiger partial charge in [-0.05, 0) is 57.5 Å². The van der Waals surface area contributed by atoms with E-state index < -0.39 is 0 Å². The lowest BCUT2D eigenvalue weighted by Crippen LogP contribution is -2.42. The van der Waals surface area contributed by atoms with Crippen LogP contribution >= 0.6 is 0 Å². The highest BCUT2D eigenvalue weighted by molar-refractivity contribution is 6.20. The Labute approximate surface area is 128 Å². The number of benzene rings is 1. The predicted molar refractivity (Wildman–Crippen MR) is 89.5 cm³/mol. The van der Waals surface area contributed by atoms with Gasteiger partial charge in [-0.1, -0.05) is 44.2 Å². The fraction of sp³-hybridized carbons (Fsp3) is 0.526. The quantitative estimate of drug-likeness (QED) is 0.776. The molecule has 0 unspecified atom stereocenters. The molecule has 1 spiro atoms. The Kier molecular flexibility index (Phi) is 5.00.